The number of rotatable bonds is 5. The number of carbonyl (C=O) groups is 1. The summed E-state index contributed by atoms with van der Waals surface area (Å²) >= 11 is 1.30. The molecule has 1 aromatic heterocycles. The van der Waals surface area contributed by atoms with Crippen LogP contribution in [0.25, 0.3) is 0 Å². The topological polar surface area (TPSA) is 91.2 Å². The van der Waals surface area contributed by atoms with Crippen molar-refractivity contribution in [2.75, 3.05) is 12.9 Å². The summed E-state index contributed by atoms with van der Waals surface area (Å²) in [6.45, 7) is 0.227. The molecule has 1 heterocycles. The molecule has 7 heteroatoms. The standard InChI is InChI=1S/C7H11N3O3S/c1-12-6(11)2-3-14-7-10-9-5(4-8)13-7/h2-4,8H2,1H3. The molecule has 0 saturated heterocycles. The van der Waals surface area contributed by atoms with Gasteiger partial charge < -0.3 is 14.9 Å². The van der Waals surface area contributed by atoms with Gasteiger partial charge in [0, 0.05) is 5.75 Å². The summed E-state index contributed by atoms with van der Waals surface area (Å²) in [4.78, 5) is 10.7. The second-order valence-corrected chi connectivity index (χ2v) is 3.39. The summed E-state index contributed by atoms with van der Waals surface area (Å²) in [5, 5.41) is 7.82. The number of methoxy groups -OCH3 is 1. The molecule has 0 aromatic carbocycles. The Morgan fingerprint density at radius 3 is 3.00 bits per heavy atom. The van der Waals surface area contributed by atoms with Crippen molar-refractivity contribution in [3.63, 3.8) is 0 Å². The van der Waals surface area contributed by atoms with Crippen LogP contribution in [0.5, 0.6) is 0 Å². The van der Waals surface area contributed by atoms with Gasteiger partial charge in [0.1, 0.15) is 0 Å². The van der Waals surface area contributed by atoms with E-state index in [0.29, 0.717) is 23.3 Å². The summed E-state index contributed by atoms with van der Waals surface area (Å²) < 4.78 is 9.59. The van der Waals surface area contributed by atoms with Gasteiger partial charge in [0.25, 0.3) is 5.22 Å². The molecule has 0 saturated carbocycles. The van der Waals surface area contributed by atoms with E-state index in [-0.39, 0.29) is 12.5 Å². The Kier molecular flexibility index (Phi) is 4.41. The summed E-state index contributed by atoms with van der Waals surface area (Å²) in [6, 6.07) is 0. The van der Waals surface area contributed by atoms with E-state index in [4.69, 9.17) is 10.2 Å². The highest BCUT2D eigenvalue weighted by molar-refractivity contribution is 7.99. The molecule has 0 atom stereocenters. The van der Waals surface area contributed by atoms with Crippen molar-refractivity contribution >= 4 is 17.7 Å². The molecular weight excluding hydrogens is 206 g/mol. The maximum absolute atomic E-state index is 10.7. The fourth-order valence-corrected chi connectivity index (χ4v) is 1.40. The predicted octanol–water partition coefficient (Wildman–Crippen LogP) is 0.184. The van der Waals surface area contributed by atoms with Crippen molar-refractivity contribution in [2.24, 2.45) is 5.73 Å². The third-order valence-corrected chi connectivity index (χ3v) is 2.20. The van der Waals surface area contributed by atoms with Gasteiger partial charge in [-0.25, -0.2) is 0 Å². The van der Waals surface area contributed by atoms with Gasteiger partial charge in [0.05, 0.1) is 20.1 Å². The number of carbonyl (C=O) groups excluding carboxylic acids is 1. The smallest absolute Gasteiger partial charge is 0.306 e. The van der Waals surface area contributed by atoms with E-state index in [9.17, 15) is 4.79 Å². The number of nitrogens with two attached hydrogens (primary N) is 1. The second kappa shape index (κ2) is 5.61. The molecule has 0 radical (unpaired) electrons. The van der Waals surface area contributed by atoms with Crippen LogP contribution in [0.1, 0.15) is 12.3 Å². The lowest BCUT2D eigenvalue weighted by Crippen LogP contribution is -2.00. The van der Waals surface area contributed by atoms with Crippen LogP contribution < -0.4 is 5.73 Å². The maximum atomic E-state index is 10.7. The van der Waals surface area contributed by atoms with Crippen LogP contribution in [-0.2, 0) is 16.1 Å². The zero-order valence-electron chi connectivity index (χ0n) is 7.73. The van der Waals surface area contributed by atoms with Gasteiger partial charge in [-0.1, -0.05) is 11.8 Å². The Balaban J connectivity index is 2.27. The van der Waals surface area contributed by atoms with Crippen molar-refractivity contribution < 1.29 is 13.9 Å². The molecule has 1 rings (SSSR count). The van der Waals surface area contributed by atoms with E-state index in [1.165, 1.54) is 18.9 Å². The van der Waals surface area contributed by atoms with Crippen LogP contribution in [0, 0.1) is 0 Å². The first-order chi connectivity index (χ1) is 6.76. The van der Waals surface area contributed by atoms with E-state index in [1.54, 1.807) is 0 Å². The highest BCUT2D eigenvalue weighted by Crippen LogP contribution is 2.16. The fraction of sp³-hybridized carbons (Fsp3) is 0.571. The van der Waals surface area contributed by atoms with E-state index >= 15 is 0 Å². The number of nitrogens with zero attached hydrogens (tertiary/aromatic N) is 2. The zero-order valence-corrected chi connectivity index (χ0v) is 8.54. The molecule has 0 aliphatic rings. The second-order valence-electron chi connectivity index (χ2n) is 2.34. The minimum absolute atomic E-state index is 0.227. The monoisotopic (exact) mass is 217 g/mol. The average Bonchev–Trinajstić information content (AvgIpc) is 2.65. The van der Waals surface area contributed by atoms with Gasteiger partial charge in [-0.2, -0.15) is 0 Å². The van der Waals surface area contributed by atoms with Gasteiger partial charge in [-0.3, -0.25) is 4.79 Å². The Hall–Kier alpha value is -1.08. The molecule has 14 heavy (non-hydrogen) atoms. The summed E-state index contributed by atoms with van der Waals surface area (Å²) in [5.41, 5.74) is 5.28. The molecule has 0 aliphatic carbocycles. The highest BCUT2D eigenvalue weighted by Gasteiger charge is 2.06. The lowest BCUT2D eigenvalue weighted by atomic mass is 10.5. The third kappa shape index (κ3) is 3.35. The molecular formula is C7H11N3O3S. The van der Waals surface area contributed by atoms with Crippen LogP contribution in [0.4, 0.5) is 0 Å². The number of hydrogen-bond acceptors (Lipinski definition) is 7. The first-order valence-corrected chi connectivity index (χ1v) is 4.97. The van der Waals surface area contributed by atoms with Crippen molar-refractivity contribution in [1.82, 2.24) is 10.2 Å². The first-order valence-electron chi connectivity index (χ1n) is 3.98. The number of aromatic nitrogens is 2. The van der Waals surface area contributed by atoms with Crippen LogP contribution in [-0.4, -0.2) is 29.0 Å². The third-order valence-electron chi connectivity index (χ3n) is 1.38. The predicted molar refractivity (Wildman–Crippen MR) is 49.5 cm³/mol. The average molecular weight is 217 g/mol. The molecule has 0 unspecified atom stereocenters. The SMILES string of the molecule is COC(=O)CCSc1nnc(CN)o1. The lowest BCUT2D eigenvalue weighted by molar-refractivity contribution is -0.140. The lowest BCUT2D eigenvalue weighted by Gasteiger charge is -1.95. The highest BCUT2D eigenvalue weighted by atomic mass is 32.2. The van der Waals surface area contributed by atoms with Crippen LogP contribution in [0.3, 0.4) is 0 Å². The van der Waals surface area contributed by atoms with Crippen molar-refractivity contribution in [3.05, 3.63) is 5.89 Å². The van der Waals surface area contributed by atoms with Crippen molar-refractivity contribution in [1.29, 1.82) is 0 Å². The minimum Gasteiger partial charge on any atom is -0.469 e. The number of hydrogen-bond donors (Lipinski definition) is 1. The molecule has 0 bridgehead atoms. The van der Waals surface area contributed by atoms with Gasteiger partial charge in [0.15, 0.2) is 0 Å². The zero-order chi connectivity index (χ0) is 10.4. The molecule has 78 valence electrons. The van der Waals surface area contributed by atoms with E-state index in [1.807, 2.05) is 0 Å². The van der Waals surface area contributed by atoms with Gasteiger partial charge in [-0.15, -0.1) is 10.2 Å². The molecule has 0 fully saturated rings. The summed E-state index contributed by atoms with van der Waals surface area (Å²) in [5.74, 6) is 0.695. The summed E-state index contributed by atoms with van der Waals surface area (Å²) in [6.07, 6.45) is 0.321. The molecule has 0 spiro atoms. The minimum atomic E-state index is -0.254. The number of thioether (sulfide) groups is 1. The largest absolute Gasteiger partial charge is 0.469 e. The van der Waals surface area contributed by atoms with E-state index in [0.717, 1.165) is 0 Å². The quantitative estimate of drug-likeness (QED) is 0.555. The van der Waals surface area contributed by atoms with Crippen molar-refractivity contribution in [3.8, 4) is 0 Å². The fourth-order valence-electron chi connectivity index (χ4n) is 0.703. The molecule has 0 amide bonds. The molecule has 1 aromatic rings. The van der Waals surface area contributed by atoms with Gasteiger partial charge in [-0.05, 0) is 0 Å². The van der Waals surface area contributed by atoms with Crippen molar-refractivity contribution in [2.45, 2.75) is 18.2 Å². The molecule has 2 N–H and O–H groups in total. The normalized spacial score (nSPS) is 10.1. The molecule has 6 nitrogen and oxygen atoms in total. The number of ether oxygens (including phenoxy) is 1. The number of esters is 1. The Labute approximate surface area is 85.2 Å². The van der Waals surface area contributed by atoms with E-state index in [2.05, 4.69) is 14.9 Å². The molecule has 0 aliphatic heterocycles. The van der Waals surface area contributed by atoms with Crippen LogP contribution in [0.15, 0.2) is 9.64 Å². The summed E-state index contributed by atoms with van der Waals surface area (Å²) in [7, 11) is 1.35. The Morgan fingerprint density at radius 1 is 1.64 bits per heavy atom. The van der Waals surface area contributed by atoms with Crippen LogP contribution in [0.2, 0.25) is 0 Å². The van der Waals surface area contributed by atoms with Gasteiger partial charge >= 0.3 is 5.97 Å². The first kappa shape index (κ1) is 11.0. The van der Waals surface area contributed by atoms with Gasteiger partial charge in [0.2, 0.25) is 5.89 Å². The van der Waals surface area contributed by atoms with Crippen LogP contribution >= 0.6 is 11.8 Å². The van der Waals surface area contributed by atoms with E-state index < -0.39 is 0 Å². The maximum Gasteiger partial charge on any atom is 0.306 e. The Morgan fingerprint density at radius 2 is 2.43 bits per heavy atom. The Bertz CT molecular complexity index is 302.